The fraction of sp³-hybridized carbons (Fsp3) is 0.286. The number of benzene rings is 1. The molecule has 2 N–H and O–H groups in total. The van der Waals surface area contributed by atoms with Gasteiger partial charge in [0.05, 0.1) is 24.6 Å². The van der Waals surface area contributed by atoms with Gasteiger partial charge in [0.1, 0.15) is 12.7 Å². The SMILES string of the molecule is O=C(Nc1ccccc1N1CCOCC1)C(=O)Nn1cnnc1. The van der Waals surface area contributed by atoms with Crippen molar-refractivity contribution in [1.82, 2.24) is 14.9 Å². The minimum atomic E-state index is -0.804. The predicted octanol–water partition coefficient (Wildman–Crippen LogP) is -0.177. The highest BCUT2D eigenvalue weighted by Crippen LogP contribution is 2.26. The molecule has 23 heavy (non-hydrogen) atoms. The number of aromatic nitrogens is 3. The molecule has 1 saturated heterocycles. The van der Waals surface area contributed by atoms with Crippen LogP contribution in [0.5, 0.6) is 0 Å². The summed E-state index contributed by atoms with van der Waals surface area (Å²) < 4.78 is 6.54. The van der Waals surface area contributed by atoms with Gasteiger partial charge in [-0.05, 0) is 12.1 Å². The summed E-state index contributed by atoms with van der Waals surface area (Å²) in [6.07, 6.45) is 2.57. The zero-order chi connectivity index (χ0) is 16.1. The van der Waals surface area contributed by atoms with Crippen LogP contribution in [0.15, 0.2) is 36.9 Å². The third kappa shape index (κ3) is 3.64. The number of hydrogen-bond acceptors (Lipinski definition) is 6. The molecule has 2 amide bonds. The van der Waals surface area contributed by atoms with Crippen LogP contribution < -0.4 is 15.6 Å². The van der Waals surface area contributed by atoms with Crippen LogP contribution in [0, 0.1) is 0 Å². The lowest BCUT2D eigenvalue weighted by molar-refractivity contribution is -0.133. The molecule has 1 aromatic heterocycles. The van der Waals surface area contributed by atoms with E-state index in [0.717, 1.165) is 18.8 Å². The molecule has 2 aromatic rings. The second-order valence-corrected chi connectivity index (χ2v) is 4.88. The largest absolute Gasteiger partial charge is 0.378 e. The van der Waals surface area contributed by atoms with Gasteiger partial charge in [0, 0.05) is 13.1 Å². The van der Waals surface area contributed by atoms with Gasteiger partial charge in [-0.25, -0.2) is 4.68 Å². The lowest BCUT2D eigenvalue weighted by atomic mass is 10.2. The summed E-state index contributed by atoms with van der Waals surface area (Å²) >= 11 is 0. The van der Waals surface area contributed by atoms with Gasteiger partial charge in [0.2, 0.25) is 0 Å². The maximum Gasteiger partial charge on any atom is 0.328 e. The van der Waals surface area contributed by atoms with E-state index in [9.17, 15) is 9.59 Å². The topological polar surface area (TPSA) is 101 Å². The molecule has 120 valence electrons. The Hall–Kier alpha value is -2.94. The van der Waals surface area contributed by atoms with Crippen molar-refractivity contribution in [3.05, 3.63) is 36.9 Å². The standard InChI is InChI=1S/C14H16N6O3/c21-13(14(22)18-20-9-15-16-10-20)17-11-3-1-2-4-12(11)19-5-7-23-8-6-19/h1-4,9-10H,5-8H2,(H,17,21)(H,18,22). The number of nitrogens with one attached hydrogen (secondary N) is 2. The Balaban J connectivity index is 1.69. The summed E-state index contributed by atoms with van der Waals surface area (Å²) in [6.45, 7) is 2.74. The molecular formula is C14H16N6O3. The molecule has 9 heteroatoms. The highest BCUT2D eigenvalue weighted by Gasteiger charge is 2.19. The summed E-state index contributed by atoms with van der Waals surface area (Å²) in [5.41, 5.74) is 3.79. The van der Waals surface area contributed by atoms with Crippen molar-refractivity contribution in [2.24, 2.45) is 0 Å². The molecule has 0 spiro atoms. The number of morpholine rings is 1. The third-order valence-corrected chi connectivity index (χ3v) is 3.36. The van der Waals surface area contributed by atoms with Crippen LogP contribution in [-0.2, 0) is 14.3 Å². The quantitative estimate of drug-likeness (QED) is 0.762. The maximum absolute atomic E-state index is 12.1. The van der Waals surface area contributed by atoms with Gasteiger partial charge < -0.3 is 15.0 Å². The number of rotatable bonds is 3. The van der Waals surface area contributed by atoms with Gasteiger partial charge in [-0.2, -0.15) is 0 Å². The van der Waals surface area contributed by atoms with Crippen LogP contribution in [-0.4, -0.2) is 53.0 Å². The lowest BCUT2D eigenvalue weighted by Crippen LogP contribution is -2.38. The fourth-order valence-corrected chi connectivity index (χ4v) is 2.26. The summed E-state index contributed by atoms with van der Waals surface area (Å²) in [5.74, 6) is -1.57. The Bertz CT molecular complexity index is 682. The van der Waals surface area contributed by atoms with Crippen molar-refractivity contribution in [3.8, 4) is 0 Å². The Labute approximate surface area is 132 Å². The minimum Gasteiger partial charge on any atom is -0.378 e. The van der Waals surface area contributed by atoms with Crippen molar-refractivity contribution in [3.63, 3.8) is 0 Å². The van der Waals surface area contributed by atoms with Crippen molar-refractivity contribution < 1.29 is 14.3 Å². The molecule has 2 heterocycles. The highest BCUT2D eigenvalue weighted by atomic mass is 16.5. The Morgan fingerprint density at radius 3 is 2.48 bits per heavy atom. The molecule has 0 atom stereocenters. The van der Waals surface area contributed by atoms with E-state index >= 15 is 0 Å². The van der Waals surface area contributed by atoms with Crippen molar-refractivity contribution in [2.75, 3.05) is 41.9 Å². The van der Waals surface area contributed by atoms with E-state index in [0.29, 0.717) is 18.9 Å². The number of hydrogen-bond donors (Lipinski definition) is 2. The fourth-order valence-electron chi connectivity index (χ4n) is 2.26. The average molecular weight is 316 g/mol. The number of carbonyl (C=O) groups is 2. The van der Waals surface area contributed by atoms with Gasteiger partial charge in [0.15, 0.2) is 0 Å². The molecule has 1 aromatic carbocycles. The van der Waals surface area contributed by atoms with Crippen molar-refractivity contribution >= 4 is 23.2 Å². The van der Waals surface area contributed by atoms with Gasteiger partial charge in [-0.1, -0.05) is 12.1 Å². The monoisotopic (exact) mass is 316 g/mol. The van der Waals surface area contributed by atoms with E-state index in [4.69, 9.17) is 4.74 Å². The van der Waals surface area contributed by atoms with Crippen molar-refractivity contribution in [1.29, 1.82) is 0 Å². The van der Waals surface area contributed by atoms with E-state index in [1.807, 2.05) is 12.1 Å². The first-order valence-corrected chi connectivity index (χ1v) is 7.13. The number of anilines is 2. The summed E-state index contributed by atoms with van der Waals surface area (Å²) in [7, 11) is 0. The zero-order valence-corrected chi connectivity index (χ0v) is 12.3. The first kappa shape index (κ1) is 15.0. The average Bonchev–Trinajstić information content (AvgIpc) is 3.09. The van der Waals surface area contributed by atoms with Crippen LogP contribution in [0.1, 0.15) is 0 Å². The molecule has 3 rings (SSSR count). The van der Waals surface area contributed by atoms with Crippen LogP contribution in [0.4, 0.5) is 11.4 Å². The number of nitrogens with zero attached hydrogens (tertiary/aromatic N) is 4. The van der Waals surface area contributed by atoms with Gasteiger partial charge in [-0.3, -0.25) is 15.0 Å². The van der Waals surface area contributed by atoms with Crippen LogP contribution in [0.3, 0.4) is 0 Å². The number of para-hydroxylation sites is 2. The Kier molecular flexibility index (Phi) is 4.48. The van der Waals surface area contributed by atoms with Crippen LogP contribution in [0.25, 0.3) is 0 Å². The van der Waals surface area contributed by atoms with E-state index < -0.39 is 11.8 Å². The molecule has 0 bridgehead atoms. The Morgan fingerprint density at radius 1 is 1.04 bits per heavy atom. The predicted molar refractivity (Wildman–Crippen MR) is 82.5 cm³/mol. The summed E-state index contributed by atoms with van der Waals surface area (Å²) in [5, 5.41) is 9.72. The molecule has 0 radical (unpaired) electrons. The van der Waals surface area contributed by atoms with Gasteiger partial charge >= 0.3 is 11.8 Å². The first-order chi connectivity index (χ1) is 11.2. The molecule has 0 saturated carbocycles. The molecular weight excluding hydrogens is 300 g/mol. The number of carbonyl (C=O) groups excluding carboxylic acids is 2. The third-order valence-electron chi connectivity index (χ3n) is 3.36. The van der Waals surface area contributed by atoms with E-state index in [1.165, 1.54) is 17.3 Å². The van der Waals surface area contributed by atoms with E-state index in [-0.39, 0.29) is 0 Å². The summed E-state index contributed by atoms with van der Waals surface area (Å²) in [4.78, 5) is 26.0. The van der Waals surface area contributed by atoms with Crippen molar-refractivity contribution in [2.45, 2.75) is 0 Å². The second-order valence-electron chi connectivity index (χ2n) is 4.88. The first-order valence-electron chi connectivity index (χ1n) is 7.13. The smallest absolute Gasteiger partial charge is 0.328 e. The molecule has 0 unspecified atom stereocenters. The lowest BCUT2D eigenvalue weighted by Gasteiger charge is -2.30. The Morgan fingerprint density at radius 2 is 1.74 bits per heavy atom. The molecule has 9 nitrogen and oxygen atoms in total. The highest BCUT2D eigenvalue weighted by molar-refractivity contribution is 6.42. The minimum absolute atomic E-state index is 0.582. The van der Waals surface area contributed by atoms with Crippen LogP contribution >= 0.6 is 0 Å². The summed E-state index contributed by atoms with van der Waals surface area (Å²) in [6, 6.07) is 7.35. The zero-order valence-electron chi connectivity index (χ0n) is 12.3. The molecule has 1 aliphatic heterocycles. The maximum atomic E-state index is 12.1. The van der Waals surface area contributed by atoms with Gasteiger partial charge in [0.25, 0.3) is 0 Å². The molecule has 1 aliphatic rings. The van der Waals surface area contributed by atoms with E-state index in [1.54, 1.807) is 12.1 Å². The van der Waals surface area contributed by atoms with E-state index in [2.05, 4.69) is 25.8 Å². The van der Waals surface area contributed by atoms with Crippen LogP contribution in [0.2, 0.25) is 0 Å². The number of ether oxygens (including phenoxy) is 1. The molecule has 1 fully saturated rings. The van der Waals surface area contributed by atoms with Gasteiger partial charge in [-0.15, -0.1) is 10.2 Å². The molecule has 0 aliphatic carbocycles. The normalized spacial score (nSPS) is 14.3. The number of amides is 2. The second kappa shape index (κ2) is 6.88.